The van der Waals surface area contributed by atoms with Crippen LogP contribution in [0.5, 0.6) is 0 Å². The van der Waals surface area contributed by atoms with Crippen molar-refractivity contribution in [3.05, 3.63) is 41.6 Å². The summed E-state index contributed by atoms with van der Waals surface area (Å²) in [6.45, 7) is 0.621. The van der Waals surface area contributed by atoms with Gasteiger partial charge in [0, 0.05) is 18.3 Å². The van der Waals surface area contributed by atoms with E-state index in [2.05, 4.69) is 15.0 Å². The molecule has 1 N–H and O–H groups in total. The van der Waals surface area contributed by atoms with E-state index >= 15 is 0 Å². The minimum absolute atomic E-state index is 0.00986. The molecule has 0 radical (unpaired) electrons. The summed E-state index contributed by atoms with van der Waals surface area (Å²) >= 11 is 5.72. The molecule has 2 fully saturated rings. The van der Waals surface area contributed by atoms with Gasteiger partial charge in [-0.25, -0.2) is 9.37 Å². The fourth-order valence-electron chi connectivity index (χ4n) is 4.01. The first kappa shape index (κ1) is 23.0. The van der Waals surface area contributed by atoms with Gasteiger partial charge in [-0.2, -0.15) is 0 Å². The Balaban J connectivity index is 1.21. The Morgan fingerprint density at radius 2 is 2.09 bits per heavy atom. The molecule has 2 atom stereocenters. The van der Waals surface area contributed by atoms with Crippen LogP contribution in [0.15, 0.2) is 30.7 Å². The van der Waals surface area contributed by atoms with Crippen molar-refractivity contribution in [2.45, 2.75) is 50.3 Å². The van der Waals surface area contributed by atoms with Crippen LogP contribution in [0.1, 0.15) is 31.7 Å². The Bertz CT molecular complexity index is 954. The number of nitrogens with one attached hydrogen (secondary N) is 1. The average molecular weight is 476 g/mol. The van der Waals surface area contributed by atoms with Gasteiger partial charge in [-0.1, -0.05) is 17.7 Å². The van der Waals surface area contributed by atoms with Crippen LogP contribution in [0, 0.1) is 11.7 Å². The predicted octanol–water partition coefficient (Wildman–Crippen LogP) is 4.49. The van der Waals surface area contributed by atoms with Gasteiger partial charge in [-0.3, -0.25) is 9.53 Å². The Kier molecular flexibility index (Phi) is 6.73. The van der Waals surface area contributed by atoms with Crippen molar-refractivity contribution in [1.82, 2.24) is 14.9 Å². The second-order valence-corrected chi connectivity index (χ2v) is 8.56. The third kappa shape index (κ3) is 5.60. The van der Waals surface area contributed by atoms with Crippen LogP contribution < -0.4 is 5.32 Å². The van der Waals surface area contributed by atoms with E-state index in [0.29, 0.717) is 37.3 Å². The maximum absolute atomic E-state index is 13.7. The maximum atomic E-state index is 13.7. The van der Waals surface area contributed by atoms with E-state index in [1.54, 1.807) is 18.6 Å². The van der Waals surface area contributed by atoms with E-state index in [-0.39, 0.29) is 35.7 Å². The van der Waals surface area contributed by atoms with Gasteiger partial charge in [0.15, 0.2) is 0 Å². The zero-order chi connectivity index (χ0) is 22.9. The fourth-order valence-corrected chi connectivity index (χ4v) is 4.12. The summed E-state index contributed by atoms with van der Waals surface area (Å²) in [5.74, 6) is -0.796. The minimum atomic E-state index is -4.62. The van der Waals surface area contributed by atoms with E-state index in [0.717, 1.165) is 0 Å². The van der Waals surface area contributed by atoms with Gasteiger partial charge >= 0.3 is 6.36 Å². The van der Waals surface area contributed by atoms with Crippen LogP contribution >= 0.6 is 11.6 Å². The second-order valence-electron chi connectivity index (χ2n) is 8.16. The van der Waals surface area contributed by atoms with E-state index in [1.165, 1.54) is 12.1 Å². The van der Waals surface area contributed by atoms with Gasteiger partial charge in [-0.15, -0.1) is 13.2 Å². The quantitative estimate of drug-likeness (QED) is 0.625. The van der Waals surface area contributed by atoms with Crippen LogP contribution in [0.4, 0.5) is 17.6 Å². The number of hydrogen-bond donors (Lipinski definition) is 1. The lowest BCUT2D eigenvalue weighted by molar-refractivity contribution is -0.354. The van der Waals surface area contributed by atoms with Crippen molar-refractivity contribution in [2.75, 3.05) is 13.2 Å². The first-order valence-electron chi connectivity index (χ1n) is 10.3. The SMILES string of the molecule is O=C(NCC1CC(OC(F)(F)F)C1)[C@@H]1CC[C@@H](n2cnc(-c3ccc(Cl)c(F)c3)c2)CO1. The third-order valence-corrected chi connectivity index (χ3v) is 6.15. The van der Waals surface area contributed by atoms with E-state index < -0.39 is 24.4 Å². The summed E-state index contributed by atoms with van der Waals surface area (Å²) in [6.07, 6.45) is -0.860. The van der Waals surface area contributed by atoms with E-state index in [4.69, 9.17) is 16.3 Å². The van der Waals surface area contributed by atoms with E-state index in [9.17, 15) is 22.4 Å². The van der Waals surface area contributed by atoms with Crippen LogP contribution in [0.3, 0.4) is 0 Å². The molecule has 4 rings (SSSR count). The molecule has 1 aromatic carbocycles. The molecule has 1 saturated heterocycles. The zero-order valence-electron chi connectivity index (χ0n) is 16.9. The highest BCUT2D eigenvalue weighted by Crippen LogP contribution is 2.34. The lowest BCUT2D eigenvalue weighted by atomic mass is 9.82. The molecule has 11 heteroatoms. The number of aromatic nitrogens is 2. The average Bonchev–Trinajstić information content (AvgIpc) is 3.21. The molecular formula is C21H22ClF4N3O3. The van der Waals surface area contributed by atoms with Crippen molar-refractivity contribution in [2.24, 2.45) is 5.92 Å². The van der Waals surface area contributed by atoms with Crippen molar-refractivity contribution >= 4 is 17.5 Å². The van der Waals surface area contributed by atoms with Crippen LogP contribution in [-0.2, 0) is 14.3 Å². The summed E-state index contributed by atoms with van der Waals surface area (Å²) in [5, 5.41) is 2.81. The van der Waals surface area contributed by atoms with Crippen LogP contribution in [0.25, 0.3) is 11.3 Å². The molecule has 6 nitrogen and oxygen atoms in total. The smallest absolute Gasteiger partial charge is 0.366 e. The number of amides is 1. The number of halogens is 5. The summed E-state index contributed by atoms with van der Waals surface area (Å²) in [4.78, 5) is 16.6. The minimum Gasteiger partial charge on any atom is -0.366 e. The molecule has 0 spiro atoms. The number of nitrogens with zero attached hydrogens (tertiary/aromatic N) is 2. The summed E-state index contributed by atoms with van der Waals surface area (Å²) in [5.41, 5.74) is 1.22. The molecule has 174 valence electrons. The second kappa shape index (κ2) is 9.36. The summed E-state index contributed by atoms with van der Waals surface area (Å²) in [6, 6.07) is 4.48. The molecule has 2 aliphatic rings. The summed E-state index contributed by atoms with van der Waals surface area (Å²) < 4.78 is 61.7. The number of alkyl halides is 3. The summed E-state index contributed by atoms with van der Waals surface area (Å²) in [7, 11) is 0. The van der Waals surface area contributed by atoms with Crippen LogP contribution in [0.2, 0.25) is 5.02 Å². The van der Waals surface area contributed by atoms with E-state index in [1.807, 2.05) is 4.57 Å². The molecule has 0 bridgehead atoms. The Hall–Kier alpha value is -2.17. The normalized spacial score (nSPS) is 25.9. The Morgan fingerprint density at radius 1 is 1.31 bits per heavy atom. The van der Waals surface area contributed by atoms with Crippen molar-refractivity contribution in [1.29, 1.82) is 0 Å². The largest absolute Gasteiger partial charge is 0.522 e. The molecule has 1 saturated carbocycles. The van der Waals surface area contributed by atoms with Gasteiger partial charge in [0.2, 0.25) is 5.91 Å². The van der Waals surface area contributed by atoms with Crippen molar-refractivity contribution in [3.63, 3.8) is 0 Å². The molecular weight excluding hydrogens is 454 g/mol. The number of ether oxygens (including phenoxy) is 2. The van der Waals surface area contributed by atoms with Crippen LogP contribution in [-0.4, -0.2) is 47.2 Å². The number of rotatable bonds is 6. The number of hydrogen-bond acceptors (Lipinski definition) is 4. The number of carbonyl (C=O) groups excluding carboxylic acids is 1. The van der Waals surface area contributed by atoms with Gasteiger partial charge in [0.05, 0.1) is 35.8 Å². The maximum Gasteiger partial charge on any atom is 0.522 e. The molecule has 1 aromatic heterocycles. The number of carbonyl (C=O) groups is 1. The molecule has 1 aliphatic heterocycles. The number of imidazole rings is 1. The molecule has 32 heavy (non-hydrogen) atoms. The predicted molar refractivity (Wildman–Crippen MR) is 107 cm³/mol. The highest BCUT2D eigenvalue weighted by atomic mass is 35.5. The van der Waals surface area contributed by atoms with Crippen molar-refractivity contribution in [3.8, 4) is 11.3 Å². The first-order valence-corrected chi connectivity index (χ1v) is 10.7. The monoisotopic (exact) mass is 475 g/mol. The highest BCUT2D eigenvalue weighted by molar-refractivity contribution is 6.30. The highest BCUT2D eigenvalue weighted by Gasteiger charge is 2.40. The zero-order valence-corrected chi connectivity index (χ0v) is 17.7. The fraction of sp³-hybridized carbons (Fsp3) is 0.524. The number of benzene rings is 1. The lowest BCUT2D eigenvalue weighted by Crippen LogP contribution is -2.46. The molecule has 0 unspecified atom stereocenters. The van der Waals surface area contributed by atoms with Crippen molar-refractivity contribution < 1.29 is 31.8 Å². The van der Waals surface area contributed by atoms with Gasteiger partial charge < -0.3 is 14.6 Å². The topological polar surface area (TPSA) is 65.4 Å². The Labute approximate surface area is 186 Å². The first-order chi connectivity index (χ1) is 15.2. The lowest BCUT2D eigenvalue weighted by Gasteiger charge is -2.36. The molecule has 1 amide bonds. The molecule has 1 aliphatic carbocycles. The third-order valence-electron chi connectivity index (χ3n) is 5.84. The standard InChI is InChI=1S/C21H22ClF4N3O3/c22-16-3-1-13(7-17(16)23)18-9-29(11-28-18)14-2-4-19(31-10-14)20(30)27-8-12-5-15(6-12)32-21(24,25)26/h1,3,7,9,11-12,14-15,19H,2,4-6,8,10H2,(H,27,30)/t12?,14-,15?,19+/m1/s1. The molecule has 2 aromatic rings. The van der Waals surface area contributed by atoms with Gasteiger partial charge in [0.1, 0.15) is 11.9 Å². The molecule has 2 heterocycles. The Morgan fingerprint density at radius 3 is 2.75 bits per heavy atom. The van der Waals surface area contributed by atoms with Gasteiger partial charge in [0.25, 0.3) is 0 Å². The van der Waals surface area contributed by atoms with Gasteiger partial charge in [-0.05, 0) is 43.7 Å².